The topological polar surface area (TPSA) is 39.1 Å². The van der Waals surface area contributed by atoms with E-state index in [2.05, 4.69) is 24.1 Å². The lowest BCUT2D eigenvalue weighted by Crippen LogP contribution is -2.18. The molecule has 0 bridgehead atoms. The van der Waals surface area contributed by atoms with E-state index in [4.69, 9.17) is 4.74 Å². The number of aryl methyl sites for hydroxylation is 1. The molecule has 0 fully saturated rings. The highest BCUT2D eigenvalue weighted by Gasteiger charge is 1.97. The number of nitrogens with one attached hydrogen (secondary N) is 1. The van der Waals surface area contributed by atoms with Gasteiger partial charge in [-0.2, -0.15) is 0 Å². The number of unbranched alkanes of at least 4 members (excludes halogenated alkanes) is 1. The molecule has 0 atom stereocenters. The molecule has 0 aliphatic rings. The Morgan fingerprint density at radius 1 is 1.44 bits per heavy atom. The number of hydrogen-bond donors (Lipinski definition) is 1. The minimum atomic E-state index is 0.348. The van der Waals surface area contributed by atoms with Crippen molar-refractivity contribution in [2.24, 2.45) is 7.05 Å². The summed E-state index contributed by atoms with van der Waals surface area (Å²) >= 11 is 0. The van der Waals surface area contributed by atoms with E-state index in [9.17, 15) is 0 Å². The quantitative estimate of drug-likeness (QED) is 0.685. The number of nitrogens with zero attached hydrogens (tertiary/aromatic N) is 2. The van der Waals surface area contributed by atoms with Gasteiger partial charge >= 0.3 is 0 Å². The van der Waals surface area contributed by atoms with Crippen LogP contribution in [0.1, 0.15) is 32.5 Å². The number of hydrogen-bond acceptors (Lipinski definition) is 3. The van der Waals surface area contributed by atoms with Crippen molar-refractivity contribution in [2.45, 2.75) is 39.3 Å². The lowest BCUT2D eigenvalue weighted by atomic mass is 10.3. The lowest BCUT2D eigenvalue weighted by molar-refractivity contribution is 0.0760. The summed E-state index contributed by atoms with van der Waals surface area (Å²) in [5, 5.41) is 3.38. The third kappa shape index (κ3) is 5.28. The highest BCUT2D eigenvalue weighted by atomic mass is 16.5. The van der Waals surface area contributed by atoms with Crippen LogP contribution in [-0.4, -0.2) is 28.8 Å². The Labute approximate surface area is 98.0 Å². The Morgan fingerprint density at radius 2 is 2.25 bits per heavy atom. The summed E-state index contributed by atoms with van der Waals surface area (Å²) in [7, 11) is 2.01. The average Bonchev–Trinajstić information content (AvgIpc) is 2.62. The zero-order chi connectivity index (χ0) is 11.8. The molecule has 4 heteroatoms. The first-order valence-corrected chi connectivity index (χ1v) is 5.98. The molecular formula is C12H23N3O. The van der Waals surface area contributed by atoms with Crippen LogP contribution >= 0.6 is 0 Å². The summed E-state index contributed by atoms with van der Waals surface area (Å²) in [6.07, 6.45) is 6.41. The number of aromatic nitrogens is 2. The van der Waals surface area contributed by atoms with Crippen LogP contribution in [-0.2, 0) is 18.3 Å². The fourth-order valence-electron chi connectivity index (χ4n) is 1.44. The Balaban J connectivity index is 1.94. The molecule has 0 spiro atoms. The first-order valence-electron chi connectivity index (χ1n) is 5.98. The van der Waals surface area contributed by atoms with Crippen LogP contribution in [0.3, 0.4) is 0 Å². The highest BCUT2D eigenvalue weighted by Crippen LogP contribution is 1.95. The fraction of sp³-hybridized carbons (Fsp3) is 0.750. The maximum Gasteiger partial charge on any atom is 0.122 e. The van der Waals surface area contributed by atoms with Gasteiger partial charge in [-0.15, -0.1) is 0 Å². The zero-order valence-electron chi connectivity index (χ0n) is 10.6. The molecular weight excluding hydrogens is 202 g/mol. The van der Waals surface area contributed by atoms with Crippen LogP contribution in [0.5, 0.6) is 0 Å². The second-order valence-corrected chi connectivity index (χ2v) is 4.26. The number of imidazole rings is 1. The Morgan fingerprint density at radius 3 is 2.88 bits per heavy atom. The number of rotatable bonds is 8. The molecule has 1 aromatic heterocycles. The van der Waals surface area contributed by atoms with E-state index in [1.165, 1.54) is 0 Å². The molecule has 0 aromatic carbocycles. The molecule has 0 aliphatic heterocycles. The zero-order valence-corrected chi connectivity index (χ0v) is 10.6. The van der Waals surface area contributed by atoms with Gasteiger partial charge in [0.1, 0.15) is 5.82 Å². The molecule has 92 valence electrons. The van der Waals surface area contributed by atoms with Crippen molar-refractivity contribution < 1.29 is 4.74 Å². The van der Waals surface area contributed by atoms with Crippen molar-refractivity contribution >= 4 is 0 Å². The first-order chi connectivity index (χ1) is 7.70. The molecule has 1 aromatic rings. The summed E-state index contributed by atoms with van der Waals surface area (Å²) in [5.41, 5.74) is 0. The third-order valence-corrected chi connectivity index (χ3v) is 2.40. The van der Waals surface area contributed by atoms with Crippen molar-refractivity contribution in [3.63, 3.8) is 0 Å². The van der Waals surface area contributed by atoms with E-state index in [0.29, 0.717) is 6.10 Å². The highest BCUT2D eigenvalue weighted by molar-refractivity contribution is 4.90. The van der Waals surface area contributed by atoms with Gasteiger partial charge in [0.15, 0.2) is 0 Å². The van der Waals surface area contributed by atoms with Gasteiger partial charge < -0.3 is 14.6 Å². The van der Waals surface area contributed by atoms with E-state index < -0.39 is 0 Å². The predicted molar refractivity (Wildman–Crippen MR) is 65.2 cm³/mol. The SMILES string of the molecule is CC(C)OCCCCNCc1nccn1C. The summed E-state index contributed by atoms with van der Waals surface area (Å²) < 4.78 is 7.51. The molecule has 0 amide bonds. The van der Waals surface area contributed by atoms with E-state index in [1.54, 1.807) is 0 Å². The minimum Gasteiger partial charge on any atom is -0.379 e. The molecule has 0 saturated carbocycles. The largest absolute Gasteiger partial charge is 0.379 e. The van der Waals surface area contributed by atoms with Crippen LogP contribution in [0.2, 0.25) is 0 Å². The van der Waals surface area contributed by atoms with Gasteiger partial charge in [0.25, 0.3) is 0 Å². The number of ether oxygens (including phenoxy) is 1. The average molecular weight is 225 g/mol. The van der Waals surface area contributed by atoms with E-state index >= 15 is 0 Å². The monoisotopic (exact) mass is 225 g/mol. The van der Waals surface area contributed by atoms with Gasteiger partial charge in [-0.25, -0.2) is 4.98 Å². The summed E-state index contributed by atoms with van der Waals surface area (Å²) in [5.74, 6) is 1.08. The first kappa shape index (κ1) is 13.2. The van der Waals surface area contributed by atoms with Gasteiger partial charge in [-0.1, -0.05) is 0 Å². The van der Waals surface area contributed by atoms with Crippen LogP contribution in [0.15, 0.2) is 12.4 Å². The minimum absolute atomic E-state index is 0.348. The molecule has 1 rings (SSSR count). The molecule has 16 heavy (non-hydrogen) atoms. The van der Waals surface area contributed by atoms with Gasteiger partial charge in [0, 0.05) is 26.0 Å². The smallest absolute Gasteiger partial charge is 0.122 e. The van der Waals surface area contributed by atoms with Crippen molar-refractivity contribution in [3.05, 3.63) is 18.2 Å². The van der Waals surface area contributed by atoms with Gasteiger partial charge in [-0.3, -0.25) is 0 Å². The van der Waals surface area contributed by atoms with Gasteiger partial charge in [-0.05, 0) is 33.2 Å². The molecule has 0 aliphatic carbocycles. The predicted octanol–water partition coefficient (Wildman–Crippen LogP) is 1.71. The maximum absolute atomic E-state index is 5.47. The fourth-order valence-corrected chi connectivity index (χ4v) is 1.44. The van der Waals surface area contributed by atoms with E-state index in [-0.39, 0.29) is 0 Å². The Kier molecular flexibility index (Phi) is 6.11. The van der Waals surface area contributed by atoms with Gasteiger partial charge in [0.05, 0.1) is 12.6 Å². The van der Waals surface area contributed by atoms with Crippen molar-refractivity contribution in [1.82, 2.24) is 14.9 Å². The molecule has 1 heterocycles. The summed E-state index contributed by atoms with van der Waals surface area (Å²) in [4.78, 5) is 4.25. The molecule has 0 saturated heterocycles. The second kappa shape index (κ2) is 7.41. The summed E-state index contributed by atoms with van der Waals surface area (Å²) in [6.45, 7) is 6.86. The van der Waals surface area contributed by atoms with Crippen LogP contribution in [0, 0.1) is 0 Å². The Bertz CT molecular complexity index is 284. The van der Waals surface area contributed by atoms with Crippen molar-refractivity contribution in [1.29, 1.82) is 0 Å². The van der Waals surface area contributed by atoms with Crippen molar-refractivity contribution in [3.8, 4) is 0 Å². The van der Waals surface area contributed by atoms with E-state index in [0.717, 1.165) is 38.4 Å². The molecule has 1 N–H and O–H groups in total. The van der Waals surface area contributed by atoms with Crippen molar-refractivity contribution in [2.75, 3.05) is 13.2 Å². The van der Waals surface area contributed by atoms with E-state index in [1.807, 2.05) is 24.0 Å². The standard InChI is InChI=1S/C12H23N3O/c1-11(2)16-9-5-4-6-13-10-12-14-7-8-15(12)3/h7-8,11,13H,4-6,9-10H2,1-3H3. The lowest BCUT2D eigenvalue weighted by Gasteiger charge is -2.07. The van der Waals surface area contributed by atoms with Crippen LogP contribution in [0.25, 0.3) is 0 Å². The molecule has 4 nitrogen and oxygen atoms in total. The molecule has 0 radical (unpaired) electrons. The molecule has 0 unspecified atom stereocenters. The van der Waals surface area contributed by atoms with Gasteiger partial charge in [0.2, 0.25) is 0 Å². The maximum atomic E-state index is 5.47. The Hall–Kier alpha value is -0.870. The summed E-state index contributed by atoms with van der Waals surface area (Å²) in [6, 6.07) is 0. The van der Waals surface area contributed by atoms with Crippen LogP contribution < -0.4 is 5.32 Å². The normalized spacial score (nSPS) is 11.2. The van der Waals surface area contributed by atoms with Crippen LogP contribution in [0.4, 0.5) is 0 Å². The third-order valence-electron chi connectivity index (χ3n) is 2.40. The second-order valence-electron chi connectivity index (χ2n) is 4.26.